The van der Waals surface area contributed by atoms with E-state index in [4.69, 9.17) is 10.5 Å². The molecule has 1 aromatic heterocycles. The molecule has 38 heavy (non-hydrogen) atoms. The number of rotatable bonds is 9. The number of allylic oxidation sites excluding steroid dienone is 1. The van der Waals surface area contributed by atoms with Crippen LogP contribution in [0.1, 0.15) is 47.6 Å². The zero-order chi connectivity index (χ0) is 27.1. The number of hydrogen-bond donors (Lipinski definition) is 3. The lowest BCUT2D eigenvalue weighted by atomic mass is 9.98. The molecule has 1 aliphatic heterocycles. The minimum absolute atomic E-state index is 0.154. The molecule has 4 N–H and O–H groups in total. The summed E-state index contributed by atoms with van der Waals surface area (Å²) in [5.74, 6) is 0.104. The predicted octanol–water partition coefficient (Wildman–Crippen LogP) is 2.67. The molecule has 0 aliphatic carbocycles. The highest BCUT2D eigenvalue weighted by molar-refractivity contribution is 5.82. The molecule has 0 bridgehead atoms. The monoisotopic (exact) mass is 514 g/mol. The Balaban J connectivity index is 1.30. The van der Waals surface area contributed by atoms with E-state index >= 15 is 0 Å². The molecule has 0 saturated carbocycles. The van der Waals surface area contributed by atoms with Crippen LogP contribution >= 0.6 is 0 Å². The minimum Gasteiger partial charge on any atom is -0.443 e. The number of aromatic nitrogens is 2. The van der Waals surface area contributed by atoms with Crippen molar-refractivity contribution in [2.24, 2.45) is 10.8 Å². The third-order valence-electron chi connectivity index (χ3n) is 6.13. The van der Waals surface area contributed by atoms with Gasteiger partial charge in [-0.1, -0.05) is 60.7 Å². The highest BCUT2D eigenvalue weighted by atomic mass is 16.6. The van der Waals surface area contributed by atoms with Gasteiger partial charge in [0.2, 0.25) is 5.91 Å². The third kappa shape index (κ3) is 6.40. The number of benzene rings is 2. The van der Waals surface area contributed by atoms with Gasteiger partial charge in [-0.15, -0.1) is 6.58 Å². The van der Waals surface area contributed by atoms with Gasteiger partial charge in [-0.3, -0.25) is 14.2 Å². The van der Waals surface area contributed by atoms with Crippen LogP contribution in [-0.2, 0) is 34.6 Å². The van der Waals surface area contributed by atoms with Crippen molar-refractivity contribution in [1.29, 1.82) is 0 Å². The number of hydrazone groups is 1. The molecule has 0 unspecified atom stereocenters. The van der Waals surface area contributed by atoms with Crippen molar-refractivity contribution in [3.8, 4) is 0 Å². The molecule has 2 amide bonds. The van der Waals surface area contributed by atoms with Crippen molar-refractivity contribution in [2.45, 2.75) is 44.5 Å². The largest absolute Gasteiger partial charge is 0.443 e. The summed E-state index contributed by atoms with van der Waals surface area (Å²) in [7, 11) is 0. The number of carbonyl (C=O) groups is 2. The maximum absolute atomic E-state index is 13.0. The van der Waals surface area contributed by atoms with Crippen LogP contribution in [0.3, 0.4) is 0 Å². The van der Waals surface area contributed by atoms with E-state index in [-0.39, 0.29) is 31.0 Å². The van der Waals surface area contributed by atoms with Gasteiger partial charge in [0.05, 0.1) is 17.4 Å². The SMILES string of the molecule is C=CCc1cc(=O)n2c(n1)[C@](C)(N)C[C@H]2C(=O)NCc1ccc(C=NNC(=O)OCc2ccccc2)cc1. The van der Waals surface area contributed by atoms with Crippen LogP contribution in [0.25, 0.3) is 0 Å². The maximum Gasteiger partial charge on any atom is 0.428 e. The molecule has 2 heterocycles. The second-order valence-electron chi connectivity index (χ2n) is 9.30. The number of nitrogens with two attached hydrogens (primary N) is 1. The van der Waals surface area contributed by atoms with Crippen molar-refractivity contribution in [2.75, 3.05) is 0 Å². The van der Waals surface area contributed by atoms with Crippen LogP contribution in [0.5, 0.6) is 0 Å². The molecule has 3 aromatic rings. The summed E-state index contributed by atoms with van der Waals surface area (Å²) in [4.78, 5) is 42.1. The molecule has 10 nitrogen and oxygen atoms in total. The van der Waals surface area contributed by atoms with Crippen molar-refractivity contribution in [3.63, 3.8) is 0 Å². The van der Waals surface area contributed by atoms with Gasteiger partial charge in [0.25, 0.3) is 5.56 Å². The third-order valence-corrected chi connectivity index (χ3v) is 6.13. The number of nitrogens with one attached hydrogen (secondary N) is 2. The Bertz CT molecular complexity index is 1400. The van der Waals surface area contributed by atoms with E-state index in [0.717, 1.165) is 16.7 Å². The Morgan fingerprint density at radius 2 is 1.95 bits per heavy atom. The number of fused-ring (bicyclic) bond motifs is 1. The van der Waals surface area contributed by atoms with E-state index in [1.165, 1.54) is 16.8 Å². The van der Waals surface area contributed by atoms with E-state index in [1.807, 2.05) is 42.5 Å². The van der Waals surface area contributed by atoms with Gasteiger partial charge < -0.3 is 15.8 Å². The first kappa shape index (κ1) is 26.5. The molecule has 0 saturated heterocycles. The Kier molecular flexibility index (Phi) is 8.12. The fourth-order valence-electron chi connectivity index (χ4n) is 4.23. The number of nitrogens with zero attached hydrogens (tertiary/aromatic N) is 3. The molecule has 1 aliphatic rings. The second kappa shape index (κ2) is 11.7. The van der Waals surface area contributed by atoms with E-state index in [0.29, 0.717) is 17.9 Å². The molecule has 2 aromatic carbocycles. The van der Waals surface area contributed by atoms with Gasteiger partial charge >= 0.3 is 6.09 Å². The molecule has 196 valence electrons. The second-order valence-corrected chi connectivity index (χ2v) is 9.30. The number of hydrogen-bond acceptors (Lipinski definition) is 7. The highest BCUT2D eigenvalue weighted by Gasteiger charge is 2.43. The van der Waals surface area contributed by atoms with Crippen LogP contribution in [0, 0.1) is 0 Å². The fraction of sp³-hybridized carbons (Fsp3) is 0.250. The van der Waals surface area contributed by atoms with Crippen molar-refractivity contribution in [3.05, 3.63) is 112 Å². The lowest BCUT2D eigenvalue weighted by molar-refractivity contribution is -0.124. The van der Waals surface area contributed by atoms with Crippen LogP contribution in [0.15, 0.2) is 83.2 Å². The summed E-state index contributed by atoms with van der Waals surface area (Å²) in [6, 6.07) is 17.3. The lowest BCUT2D eigenvalue weighted by Crippen LogP contribution is -2.35. The van der Waals surface area contributed by atoms with Gasteiger partial charge in [0.1, 0.15) is 18.5 Å². The Morgan fingerprint density at radius 3 is 2.66 bits per heavy atom. The first-order chi connectivity index (χ1) is 18.3. The Hall–Kier alpha value is -4.57. The number of carbonyl (C=O) groups excluding carboxylic acids is 2. The molecule has 2 atom stereocenters. The molecular formula is C28H30N6O4. The smallest absolute Gasteiger partial charge is 0.428 e. The fourth-order valence-corrected chi connectivity index (χ4v) is 4.23. The standard InChI is InChI=1S/C28H30N6O4/c1-3-7-22-14-24(35)34-23(15-28(2,29)26(34)32-22)25(36)30-16-19-10-12-20(13-11-19)17-31-33-27(37)38-18-21-8-5-4-6-9-21/h3-6,8-14,17,23H,1,7,15-16,18,29H2,2H3,(H,30,36)(H,33,37)/t23-,28+/m0/s1. The Labute approximate surface area is 220 Å². The molecule has 0 fully saturated rings. The number of ether oxygens (including phenoxy) is 1. The van der Waals surface area contributed by atoms with Crippen molar-refractivity contribution in [1.82, 2.24) is 20.3 Å². The number of amides is 2. The van der Waals surface area contributed by atoms with Crippen LogP contribution in [0.2, 0.25) is 0 Å². The summed E-state index contributed by atoms with van der Waals surface area (Å²) in [5, 5.41) is 6.78. The van der Waals surface area contributed by atoms with Gasteiger partial charge in [-0.25, -0.2) is 15.2 Å². The zero-order valence-corrected chi connectivity index (χ0v) is 21.1. The minimum atomic E-state index is -0.901. The predicted molar refractivity (Wildman–Crippen MR) is 143 cm³/mol. The lowest BCUT2D eigenvalue weighted by Gasteiger charge is -2.16. The highest BCUT2D eigenvalue weighted by Crippen LogP contribution is 2.34. The Morgan fingerprint density at radius 1 is 1.21 bits per heavy atom. The van der Waals surface area contributed by atoms with Crippen LogP contribution < -0.4 is 22.0 Å². The average Bonchev–Trinajstić information content (AvgIpc) is 3.18. The first-order valence-electron chi connectivity index (χ1n) is 12.2. The molecular weight excluding hydrogens is 484 g/mol. The maximum atomic E-state index is 13.0. The van der Waals surface area contributed by atoms with E-state index in [2.05, 4.69) is 27.4 Å². The average molecular weight is 515 g/mol. The molecule has 0 spiro atoms. The summed E-state index contributed by atoms with van der Waals surface area (Å²) >= 11 is 0. The van der Waals surface area contributed by atoms with E-state index in [9.17, 15) is 14.4 Å². The molecule has 4 rings (SSSR count). The van der Waals surface area contributed by atoms with Crippen molar-refractivity contribution < 1.29 is 14.3 Å². The zero-order valence-electron chi connectivity index (χ0n) is 21.1. The van der Waals surface area contributed by atoms with Crippen LogP contribution in [-0.4, -0.2) is 27.8 Å². The topological polar surface area (TPSA) is 141 Å². The van der Waals surface area contributed by atoms with Gasteiger partial charge in [-0.2, -0.15) is 5.10 Å². The van der Waals surface area contributed by atoms with Gasteiger partial charge in [-0.05, 0) is 23.6 Å². The molecule has 10 heteroatoms. The quantitative estimate of drug-likeness (QED) is 0.228. The normalized spacial score (nSPS) is 18.1. The van der Waals surface area contributed by atoms with Crippen LogP contribution in [0.4, 0.5) is 4.79 Å². The van der Waals surface area contributed by atoms with E-state index in [1.54, 1.807) is 25.1 Å². The van der Waals surface area contributed by atoms with E-state index < -0.39 is 17.7 Å². The summed E-state index contributed by atoms with van der Waals surface area (Å²) < 4.78 is 6.49. The van der Waals surface area contributed by atoms with Gasteiger partial charge in [0, 0.05) is 25.5 Å². The van der Waals surface area contributed by atoms with Crippen molar-refractivity contribution >= 4 is 18.2 Å². The summed E-state index contributed by atoms with van der Waals surface area (Å²) in [6.45, 7) is 5.88. The first-order valence-corrected chi connectivity index (χ1v) is 12.2. The summed E-state index contributed by atoms with van der Waals surface area (Å²) in [5.41, 5.74) is 10.6. The summed E-state index contributed by atoms with van der Waals surface area (Å²) in [6.07, 6.45) is 3.22. The van der Waals surface area contributed by atoms with Gasteiger partial charge in [0.15, 0.2) is 0 Å². The molecule has 0 radical (unpaired) electrons.